The number of rotatable bonds is 5. The lowest BCUT2D eigenvalue weighted by Gasteiger charge is -2.10. The van der Waals surface area contributed by atoms with Crippen molar-refractivity contribution in [2.75, 3.05) is 5.32 Å². The van der Waals surface area contributed by atoms with Gasteiger partial charge in [-0.25, -0.2) is 0 Å². The Morgan fingerprint density at radius 3 is 2.52 bits per heavy atom. The number of hydrogen-bond donors (Lipinski definition) is 1. The summed E-state index contributed by atoms with van der Waals surface area (Å²) in [5.41, 5.74) is 1.58. The average molecular weight is 450 g/mol. The molecule has 0 fully saturated rings. The van der Waals surface area contributed by atoms with Crippen molar-refractivity contribution in [2.45, 2.75) is 6.92 Å². The van der Waals surface area contributed by atoms with Gasteiger partial charge in [-0.2, -0.15) is 5.26 Å². The van der Waals surface area contributed by atoms with Crippen LogP contribution in [0.3, 0.4) is 0 Å². The summed E-state index contributed by atoms with van der Waals surface area (Å²) in [6.45, 7) is 1.66. The molecule has 0 radical (unpaired) electrons. The molecule has 29 heavy (non-hydrogen) atoms. The van der Waals surface area contributed by atoms with Crippen LogP contribution in [0.15, 0.2) is 69.1 Å². The van der Waals surface area contributed by atoms with Crippen LogP contribution in [0.4, 0.5) is 5.69 Å². The van der Waals surface area contributed by atoms with Gasteiger partial charge in [0.2, 0.25) is 0 Å². The lowest BCUT2D eigenvalue weighted by molar-refractivity contribution is -0.255. The molecule has 2 aromatic carbocycles. The molecule has 6 nitrogen and oxygen atoms in total. The summed E-state index contributed by atoms with van der Waals surface area (Å²) < 4.78 is 6.57. The molecule has 7 heteroatoms. The molecule has 0 saturated carbocycles. The van der Waals surface area contributed by atoms with Gasteiger partial charge >= 0.3 is 0 Å². The number of nitrogens with one attached hydrogen (secondary N) is 1. The maximum atomic E-state index is 12.4. The summed E-state index contributed by atoms with van der Waals surface area (Å²) in [7, 11) is 0. The van der Waals surface area contributed by atoms with Gasteiger partial charge in [-0.15, -0.1) is 0 Å². The highest BCUT2D eigenvalue weighted by Gasteiger charge is 2.13. The molecular formula is C22H14BrN2O4-. The molecule has 0 unspecified atom stereocenters. The number of anilines is 1. The molecule has 3 aromatic rings. The maximum absolute atomic E-state index is 12.4. The second-order valence-corrected chi connectivity index (χ2v) is 7.01. The van der Waals surface area contributed by atoms with Gasteiger partial charge in [-0.1, -0.05) is 34.1 Å². The van der Waals surface area contributed by atoms with Crippen LogP contribution < -0.4 is 10.4 Å². The van der Waals surface area contributed by atoms with Gasteiger partial charge in [0.05, 0.1) is 5.97 Å². The minimum Gasteiger partial charge on any atom is -0.545 e. The molecule has 0 aliphatic heterocycles. The van der Waals surface area contributed by atoms with Crippen molar-refractivity contribution in [1.82, 2.24) is 0 Å². The topological polar surface area (TPSA) is 106 Å². The zero-order valence-electron chi connectivity index (χ0n) is 15.2. The highest BCUT2D eigenvalue weighted by Crippen LogP contribution is 2.28. The molecule has 0 saturated heterocycles. The number of furan rings is 1. The molecule has 144 valence electrons. The van der Waals surface area contributed by atoms with Gasteiger partial charge in [0, 0.05) is 27.4 Å². The fourth-order valence-electron chi connectivity index (χ4n) is 2.72. The lowest BCUT2D eigenvalue weighted by Crippen LogP contribution is -2.23. The zero-order valence-corrected chi connectivity index (χ0v) is 16.8. The van der Waals surface area contributed by atoms with Crippen LogP contribution in [0.5, 0.6) is 0 Å². The van der Waals surface area contributed by atoms with Crippen LogP contribution in [-0.2, 0) is 4.79 Å². The molecule has 0 aliphatic carbocycles. The molecular weight excluding hydrogens is 436 g/mol. The molecule has 1 aromatic heterocycles. The summed E-state index contributed by atoms with van der Waals surface area (Å²) in [4.78, 5) is 23.6. The number of carbonyl (C=O) groups is 2. The summed E-state index contributed by atoms with van der Waals surface area (Å²) in [5, 5.41) is 23.2. The van der Waals surface area contributed by atoms with E-state index >= 15 is 0 Å². The Morgan fingerprint density at radius 2 is 1.86 bits per heavy atom. The van der Waals surface area contributed by atoms with E-state index in [9.17, 15) is 20.0 Å². The first-order chi connectivity index (χ1) is 13.9. The molecule has 0 aliphatic rings. The van der Waals surface area contributed by atoms with Crippen LogP contribution in [0, 0.1) is 18.3 Å². The maximum Gasteiger partial charge on any atom is 0.266 e. The molecule has 1 amide bonds. The number of carboxylic acids is 1. The van der Waals surface area contributed by atoms with Crippen LogP contribution in [0.1, 0.15) is 21.7 Å². The van der Waals surface area contributed by atoms with E-state index in [0.717, 1.165) is 4.47 Å². The average Bonchev–Trinajstić information content (AvgIpc) is 3.16. The Labute approximate surface area is 175 Å². The smallest absolute Gasteiger partial charge is 0.266 e. The number of nitrogens with zero attached hydrogens (tertiary/aromatic N) is 1. The predicted octanol–water partition coefficient (Wildman–Crippen LogP) is 3.93. The first-order valence-corrected chi connectivity index (χ1v) is 9.28. The van der Waals surface area contributed by atoms with E-state index in [4.69, 9.17) is 4.42 Å². The third-order valence-corrected chi connectivity index (χ3v) is 4.73. The van der Waals surface area contributed by atoms with Gasteiger partial charge < -0.3 is 19.6 Å². The highest BCUT2D eigenvalue weighted by atomic mass is 79.9. The number of carboxylic acid groups (broad SMARTS) is 1. The molecule has 0 atom stereocenters. The first-order valence-electron chi connectivity index (χ1n) is 8.49. The van der Waals surface area contributed by atoms with Crippen molar-refractivity contribution in [3.8, 4) is 17.4 Å². The van der Waals surface area contributed by atoms with E-state index < -0.39 is 11.9 Å². The van der Waals surface area contributed by atoms with Crippen molar-refractivity contribution < 1.29 is 19.1 Å². The third kappa shape index (κ3) is 4.62. The quantitative estimate of drug-likeness (QED) is 0.469. The Morgan fingerprint density at radius 1 is 1.14 bits per heavy atom. The van der Waals surface area contributed by atoms with Gasteiger partial charge in [0.25, 0.3) is 5.91 Å². The Kier molecular flexibility index (Phi) is 5.96. The summed E-state index contributed by atoms with van der Waals surface area (Å²) in [5.74, 6) is -1.13. The molecule has 1 N–H and O–H groups in total. The Hall–Kier alpha value is -3.63. The monoisotopic (exact) mass is 449 g/mol. The van der Waals surface area contributed by atoms with Crippen molar-refractivity contribution in [1.29, 1.82) is 5.26 Å². The number of halogens is 1. The standard InChI is InChI=1S/C22H15BrN2O4/c1-13-18(3-2-4-19(13)22(27)28)20-10-9-17(29-20)11-14(12-24)21(26)25-16-7-5-15(23)6-8-16/h2-11H,1H3,(H,25,26)(H,27,28)/p-1/b14-11-. The number of hydrogen-bond acceptors (Lipinski definition) is 5. The summed E-state index contributed by atoms with van der Waals surface area (Å²) >= 11 is 3.31. The molecule has 0 spiro atoms. The number of amides is 1. The van der Waals surface area contributed by atoms with E-state index in [1.807, 2.05) is 6.07 Å². The van der Waals surface area contributed by atoms with Crippen molar-refractivity contribution in [2.24, 2.45) is 0 Å². The lowest BCUT2D eigenvalue weighted by atomic mass is 10.0. The van der Waals surface area contributed by atoms with Gasteiger partial charge in [-0.3, -0.25) is 4.79 Å². The number of benzene rings is 2. The highest BCUT2D eigenvalue weighted by molar-refractivity contribution is 9.10. The fraction of sp³-hybridized carbons (Fsp3) is 0.0455. The van der Waals surface area contributed by atoms with Crippen LogP contribution in [0.2, 0.25) is 0 Å². The van der Waals surface area contributed by atoms with E-state index in [2.05, 4.69) is 21.2 Å². The largest absolute Gasteiger partial charge is 0.545 e. The zero-order chi connectivity index (χ0) is 21.0. The fourth-order valence-corrected chi connectivity index (χ4v) is 2.99. The first kappa shape index (κ1) is 20.1. The van der Waals surface area contributed by atoms with Gasteiger partial charge in [0.1, 0.15) is 23.2 Å². The second-order valence-electron chi connectivity index (χ2n) is 6.10. The van der Waals surface area contributed by atoms with Gasteiger partial charge in [-0.05, 0) is 48.9 Å². The van der Waals surface area contributed by atoms with Gasteiger partial charge in [0.15, 0.2) is 0 Å². The molecule has 1 heterocycles. The number of nitriles is 1. The number of aromatic carboxylic acids is 1. The van der Waals surface area contributed by atoms with E-state index in [1.165, 1.54) is 12.1 Å². The van der Waals surface area contributed by atoms with E-state index in [-0.39, 0.29) is 11.1 Å². The van der Waals surface area contributed by atoms with Crippen molar-refractivity contribution in [3.63, 3.8) is 0 Å². The Bertz CT molecular complexity index is 1150. The van der Waals surface area contributed by atoms with Crippen LogP contribution in [0.25, 0.3) is 17.4 Å². The van der Waals surface area contributed by atoms with Crippen molar-refractivity contribution >= 4 is 39.6 Å². The van der Waals surface area contributed by atoms with Crippen molar-refractivity contribution in [3.05, 3.63) is 81.5 Å². The van der Waals surface area contributed by atoms with E-state index in [1.54, 1.807) is 55.5 Å². The normalized spacial score (nSPS) is 11.0. The second kappa shape index (κ2) is 8.59. The molecule has 3 rings (SSSR count). The molecule has 0 bridgehead atoms. The summed E-state index contributed by atoms with van der Waals surface area (Å²) in [6, 6.07) is 16.8. The minimum absolute atomic E-state index is 0.0718. The third-order valence-electron chi connectivity index (χ3n) is 4.20. The SMILES string of the molecule is Cc1c(C(=O)[O-])cccc1-c1ccc(/C=C(/C#N)C(=O)Nc2ccc(Br)cc2)o1. The predicted molar refractivity (Wildman–Crippen MR) is 110 cm³/mol. The minimum atomic E-state index is -1.27. The summed E-state index contributed by atoms with van der Waals surface area (Å²) in [6.07, 6.45) is 1.33. The van der Waals surface area contributed by atoms with Crippen LogP contribution in [-0.4, -0.2) is 11.9 Å². The van der Waals surface area contributed by atoms with Crippen LogP contribution >= 0.6 is 15.9 Å². The Balaban J connectivity index is 1.85. The number of carbonyl (C=O) groups excluding carboxylic acids is 2. The van der Waals surface area contributed by atoms with E-state index in [0.29, 0.717) is 28.3 Å².